The number of aromatic nitrogens is 2. The first-order chi connectivity index (χ1) is 10.6. The fraction of sp³-hybridized carbons (Fsp3) is 0.667. The number of amides is 2. The molecule has 0 saturated carbocycles. The largest absolute Gasteiger partial charge is 0.448 e. The van der Waals surface area contributed by atoms with Crippen LogP contribution in [-0.4, -0.2) is 58.7 Å². The lowest BCUT2D eigenvalue weighted by atomic mass is 10.1. The second kappa shape index (κ2) is 6.37. The molecule has 3 rings (SSSR count). The minimum Gasteiger partial charge on any atom is -0.448 e. The van der Waals surface area contributed by atoms with Crippen molar-refractivity contribution in [3.63, 3.8) is 0 Å². The zero-order valence-electron chi connectivity index (χ0n) is 12.9. The monoisotopic (exact) mass is 306 g/mol. The highest BCUT2D eigenvalue weighted by Crippen LogP contribution is 2.22. The first-order valence-corrected chi connectivity index (χ1v) is 7.86. The van der Waals surface area contributed by atoms with Crippen molar-refractivity contribution in [3.8, 4) is 0 Å². The molecule has 0 spiro atoms. The molecule has 1 N–H and O–H groups in total. The zero-order valence-corrected chi connectivity index (χ0v) is 12.9. The lowest BCUT2D eigenvalue weighted by Crippen LogP contribution is -2.38. The molecule has 0 unspecified atom stereocenters. The lowest BCUT2D eigenvalue weighted by Gasteiger charge is -2.20. The van der Waals surface area contributed by atoms with Gasteiger partial charge in [0.2, 0.25) is 5.91 Å². The predicted octanol–water partition coefficient (Wildman–Crippen LogP) is 1.09. The van der Waals surface area contributed by atoms with Crippen LogP contribution in [0.25, 0.3) is 0 Å². The van der Waals surface area contributed by atoms with Gasteiger partial charge in [0.25, 0.3) is 0 Å². The van der Waals surface area contributed by atoms with Gasteiger partial charge in [0.15, 0.2) is 0 Å². The van der Waals surface area contributed by atoms with Crippen LogP contribution in [0.5, 0.6) is 0 Å². The second-order valence-electron chi connectivity index (χ2n) is 5.97. The van der Waals surface area contributed by atoms with Gasteiger partial charge < -0.3 is 9.64 Å². The summed E-state index contributed by atoms with van der Waals surface area (Å²) in [7, 11) is 1.75. The Bertz CT molecular complexity index is 569. The van der Waals surface area contributed by atoms with E-state index in [1.54, 1.807) is 11.9 Å². The van der Waals surface area contributed by atoms with Crippen LogP contribution in [0.15, 0.2) is 0 Å². The van der Waals surface area contributed by atoms with Gasteiger partial charge in [-0.05, 0) is 31.2 Å². The highest BCUT2D eigenvalue weighted by atomic mass is 16.6. The normalized spacial score (nSPS) is 17.9. The summed E-state index contributed by atoms with van der Waals surface area (Å²) < 4.78 is 4.84. The number of aromatic amines is 1. The number of cyclic esters (lactones) is 1. The van der Waals surface area contributed by atoms with Gasteiger partial charge in [-0.2, -0.15) is 5.10 Å². The number of rotatable bonds is 4. The zero-order chi connectivity index (χ0) is 15.5. The van der Waals surface area contributed by atoms with E-state index >= 15 is 0 Å². The van der Waals surface area contributed by atoms with Gasteiger partial charge in [-0.25, -0.2) is 4.79 Å². The summed E-state index contributed by atoms with van der Waals surface area (Å²) in [4.78, 5) is 26.7. The minimum absolute atomic E-state index is 0.0714. The molecule has 1 saturated heterocycles. The molecule has 22 heavy (non-hydrogen) atoms. The van der Waals surface area contributed by atoms with Crippen molar-refractivity contribution in [2.45, 2.75) is 38.6 Å². The molecular formula is C15H22N4O3. The first kappa shape index (κ1) is 14.9. The van der Waals surface area contributed by atoms with E-state index in [-0.39, 0.29) is 12.5 Å². The van der Waals surface area contributed by atoms with Crippen molar-refractivity contribution in [2.24, 2.45) is 0 Å². The van der Waals surface area contributed by atoms with Crippen LogP contribution in [-0.2, 0) is 28.9 Å². The SMILES string of the molecule is CN(Cc1n[nH]c2c1CCCCC2)C(=O)CN1CCOC1=O. The highest BCUT2D eigenvalue weighted by molar-refractivity contribution is 5.82. The second-order valence-corrected chi connectivity index (χ2v) is 5.97. The Kier molecular flexibility index (Phi) is 4.31. The molecule has 0 aromatic carbocycles. The van der Waals surface area contributed by atoms with Crippen LogP contribution >= 0.6 is 0 Å². The first-order valence-electron chi connectivity index (χ1n) is 7.86. The van der Waals surface area contributed by atoms with Crippen molar-refractivity contribution < 1.29 is 14.3 Å². The third-order valence-corrected chi connectivity index (χ3v) is 4.38. The van der Waals surface area contributed by atoms with E-state index in [2.05, 4.69) is 10.2 Å². The number of aryl methyl sites for hydroxylation is 1. The average Bonchev–Trinajstić information content (AvgIpc) is 2.98. The molecule has 1 aliphatic carbocycles. The number of hydrogen-bond donors (Lipinski definition) is 1. The van der Waals surface area contributed by atoms with Crippen LogP contribution in [0.3, 0.4) is 0 Å². The molecule has 0 atom stereocenters. The Hall–Kier alpha value is -2.05. The number of nitrogens with zero attached hydrogens (tertiary/aromatic N) is 3. The van der Waals surface area contributed by atoms with E-state index in [0.717, 1.165) is 18.5 Å². The van der Waals surface area contributed by atoms with Crippen molar-refractivity contribution in [2.75, 3.05) is 26.7 Å². The third kappa shape index (κ3) is 3.08. The predicted molar refractivity (Wildman–Crippen MR) is 79.2 cm³/mol. The number of ether oxygens (including phenoxy) is 1. The summed E-state index contributed by atoms with van der Waals surface area (Å²) in [5, 5.41) is 7.50. The van der Waals surface area contributed by atoms with E-state index < -0.39 is 6.09 Å². The van der Waals surface area contributed by atoms with Crippen LogP contribution in [0.1, 0.15) is 36.2 Å². The fourth-order valence-electron chi connectivity index (χ4n) is 3.02. The fourth-order valence-corrected chi connectivity index (χ4v) is 3.02. The molecular weight excluding hydrogens is 284 g/mol. The molecule has 1 aromatic rings. The average molecular weight is 306 g/mol. The Morgan fingerprint density at radius 2 is 2.18 bits per heavy atom. The molecule has 1 fully saturated rings. The molecule has 1 aliphatic heterocycles. The number of hydrogen-bond acceptors (Lipinski definition) is 4. The molecule has 2 heterocycles. The Balaban J connectivity index is 1.61. The molecule has 7 nitrogen and oxygen atoms in total. The van der Waals surface area contributed by atoms with E-state index in [0.29, 0.717) is 19.7 Å². The standard InChI is InChI=1S/C15H22N4O3/c1-18(14(20)10-19-7-8-22-15(19)21)9-13-11-5-3-2-4-6-12(11)16-17-13/h2-10H2,1H3,(H,16,17). The molecule has 7 heteroatoms. The van der Waals surface area contributed by atoms with E-state index in [1.165, 1.54) is 35.4 Å². The van der Waals surface area contributed by atoms with Gasteiger partial charge in [-0.1, -0.05) is 6.42 Å². The topological polar surface area (TPSA) is 78.5 Å². The van der Waals surface area contributed by atoms with Crippen molar-refractivity contribution in [3.05, 3.63) is 17.0 Å². The smallest absolute Gasteiger partial charge is 0.410 e. The maximum atomic E-state index is 12.2. The van der Waals surface area contributed by atoms with Gasteiger partial charge in [-0.15, -0.1) is 0 Å². The van der Waals surface area contributed by atoms with E-state index in [9.17, 15) is 9.59 Å². The number of fused-ring (bicyclic) bond motifs is 1. The molecule has 2 aliphatic rings. The maximum Gasteiger partial charge on any atom is 0.410 e. The Morgan fingerprint density at radius 3 is 2.95 bits per heavy atom. The summed E-state index contributed by atoms with van der Waals surface area (Å²) >= 11 is 0. The third-order valence-electron chi connectivity index (χ3n) is 4.38. The molecule has 2 amide bonds. The number of H-pyrrole nitrogens is 1. The molecule has 120 valence electrons. The number of likely N-dealkylation sites (N-methyl/N-ethyl adjacent to an activating group) is 1. The summed E-state index contributed by atoms with van der Waals surface area (Å²) in [5.41, 5.74) is 3.45. The lowest BCUT2D eigenvalue weighted by molar-refractivity contribution is -0.131. The van der Waals surface area contributed by atoms with Crippen LogP contribution < -0.4 is 0 Å². The Morgan fingerprint density at radius 1 is 1.36 bits per heavy atom. The number of carbonyl (C=O) groups is 2. The summed E-state index contributed by atoms with van der Waals surface area (Å²) in [5.74, 6) is -0.0933. The maximum absolute atomic E-state index is 12.2. The van der Waals surface area contributed by atoms with Crippen LogP contribution in [0.2, 0.25) is 0 Å². The summed E-state index contributed by atoms with van der Waals surface area (Å²) in [6.45, 7) is 1.40. The van der Waals surface area contributed by atoms with Crippen LogP contribution in [0, 0.1) is 0 Å². The number of nitrogens with one attached hydrogen (secondary N) is 1. The van der Waals surface area contributed by atoms with Gasteiger partial charge >= 0.3 is 6.09 Å². The number of carbonyl (C=O) groups excluding carboxylic acids is 2. The quantitative estimate of drug-likeness (QED) is 0.845. The van der Waals surface area contributed by atoms with Gasteiger partial charge in [-0.3, -0.25) is 14.8 Å². The minimum atomic E-state index is -0.407. The molecule has 1 aromatic heterocycles. The van der Waals surface area contributed by atoms with Crippen LogP contribution in [0.4, 0.5) is 4.79 Å². The van der Waals surface area contributed by atoms with Gasteiger partial charge in [0.1, 0.15) is 13.2 Å². The summed E-state index contributed by atoms with van der Waals surface area (Å²) in [6.07, 6.45) is 5.28. The summed E-state index contributed by atoms with van der Waals surface area (Å²) in [6, 6.07) is 0. The molecule has 0 bridgehead atoms. The Labute approximate surface area is 129 Å². The van der Waals surface area contributed by atoms with Crippen molar-refractivity contribution >= 4 is 12.0 Å². The van der Waals surface area contributed by atoms with Crippen molar-refractivity contribution in [1.82, 2.24) is 20.0 Å². The van der Waals surface area contributed by atoms with Crippen molar-refractivity contribution in [1.29, 1.82) is 0 Å². The van der Waals surface area contributed by atoms with E-state index in [1.807, 2.05) is 0 Å². The van der Waals surface area contributed by atoms with Gasteiger partial charge in [0, 0.05) is 12.7 Å². The highest BCUT2D eigenvalue weighted by Gasteiger charge is 2.26. The molecule has 0 radical (unpaired) electrons. The van der Waals surface area contributed by atoms with Gasteiger partial charge in [0.05, 0.1) is 18.8 Å². The van der Waals surface area contributed by atoms with E-state index in [4.69, 9.17) is 4.74 Å².